The van der Waals surface area contributed by atoms with Gasteiger partial charge in [0.1, 0.15) is 17.0 Å². The summed E-state index contributed by atoms with van der Waals surface area (Å²) in [6.45, 7) is 4.19. The summed E-state index contributed by atoms with van der Waals surface area (Å²) in [6.07, 6.45) is 4.25. The summed E-state index contributed by atoms with van der Waals surface area (Å²) < 4.78 is 5.70. The molecule has 8 nitrogen and oxygen atoms in total. The smallest absolute Gasteiger partial charge is 0.238 e. The van der Waals surface area contributed by atoms with E-state index in [2.05, 4.69) is 30.6 Å². The van der Waals surface area contributed by atoms with E-state index >= 15 is 0 Å². The van der Waals surface area contributed by atoms with Gasteiger partial charge >= 0.3 is 0 Å². The predicted octanol–water partition coefficient (Wildman–Crippen LogP) is 1.79. The van der Waals surface area contributed by atoms with Crippen LogP contribution in [0.25, 0.3) is 10.9 Å². The number of nitrogen functional groups attached to an aromatic ring is 1. The number of pyridine rings is 2. The number of nitrogens with two attached hydrogens (primary N) is 1. The SMILES string of the molecule is CCOc1nc2c(cc1Nc1ncc3ccnc(N)c3n1)CNCC2. The van der Waals surface area contributed by atoms with Gasteiger partial charge in [-0.25, -0.2) is 19.9 Å². The van der Waals surface area contributed by atoms with Gasteiger partial charge < -0.3 is 21.1 Å². The van der Waals surface area contributed by atoms with Crippen molar-refractivity contribution in [2.75, 3.05) is 24.2 Å². The predicted molar refractivity (Wildman–Crippen MR) is 95.8 cm³/mol. The molecule has 25 heavy (non-hydrogen) atoms. The molecule has 0 fully saturated rings. The number of anilines is 3. The summed E-state index contributed by atoms with van der Waals surface area (Å²) in [7, 11) is 0. The molecule has 0 spiro atoms. The van der Waals surface area contributed by atoms with Crippen LogP contribution in [-0.4, -0.2) is 33.1 Å². The molecule has 1 aliphatic rings. The van der Waals surface area contributed by atoms with E-state index in [1.165, 1.54) is 0 Å². The molecule has 0 amide bonds. The Morgan fingerprint density at radius 3 is 3.12 bits per heavy atom. The number of hydrogen-bond acceptors (Lipinski definition) is 8. The first kappa shape index (κ1) is 15.5. The summed E-state index contributed by atoms with van der Waals surface area (Å²) in [5, 5.41) is 7.40. The first-order chi connectivity index (χ1) is 12.2. The van der Waals surface area contributed by atoms with E-state index in [9.17, 15) is 0 Å². The first-order valence-electron chi connectivity index (χ1n) is 8.25. The largest absolute Gasteiger partial charge is 0.476 e. The van der Waals surface area contributed by atoms with E-state index in [1.807, 2.05) is 19.1 Å². The Morgan fingerprint density at radius 2 is 2.24 bits per heavy atom. The quantitative estimate of drug-likeness (QED) is 0.661. The Balaban J connectivity index is 1.73. The molecule has 128 valence electrons. The average Bonchev–Trinajstić information content (AvgIpc) is 2.63. The number of ether oxygens (including phenoxy) is 1. The topological polar surface area (TPSA) is 111 Å². The van der Waals surface area contributed by atoms with Crippen LogP contribution < -0.4 is 21.1 Å². The molecule has 0 saturated carbocycles. The maximum absolute atomic E-state index is 5.91. The zero-order valence-electron chi connectivity index (χ0n) is 13.9. The molecule has 0 unspecified atom stereocenters. The molecule has 1 aliphatic heterocycles. The van der Waals surface area contributed by atoms with Gasteiger partial charge in [0.15, 0.2) is 0 Å². The summed E-state index contributed by atoms with van der Waals surface area (Å²) in [5.41, 5.74) is 9.49. The summed E-state index contributed by atoms with van der Waals surface area (Å²) in [4.78, 5) is 17.6. The van der Waals surface area contributed by atoms with E-state index in [4.69, 9.17) is 10.5 Å². The van der Waals surface area contributed by atoms with Gasteiger partial charge in [-0.05, 0) is 24.6 Å². The van der Waals surface area contributed by atoms with Crippen molar-refractivity contribution in [1.29, 1.82) is 0 Å². The van der Waals surface area contributed by atoms with Crippen LogP contribution in [0.4, 0.5) is 17.5 Å². The fourth-order valence-electron chi connectivity index (χ4n) is 2.87. The number of aromatic nitrogens is 4. The number of nitrogens with one attached hydrogen (secondary N) is 2. The Bertz CT molecular complexity index is 928. The van der Waals surface area contributed by atoms with E-state index in [0.29, 0.717) is 29.8 Å². The summed E-state index contributed by atoms with van der Waals surface area (Å²) in [6, 6.07) is 3.87. The Morgan fingerprint density at radius 1 is 1.32 bits per heavy atom. The zero-order valence-corrected chi connectivity index (χ0v) is 13.9. The molecule has 8 heteroatoms. The molecule has 3 aromatic rings. The molecular formula is C17H19N7O. The molecule has 0 radical (unpaired) electrons. The normalized spacial score (nSPS) is 13.5. The molecule has 0 bridgehead atoms. The lowest BCUT2D eigenvalue weighted by molar-refractivity contribution is 0.327. The molecule has 4 N–H and O–H groups in total. The van der Waals surface area contributed by atoms with Gasteiger partial charge in [0.2, 0.25) is 11.8 Å². The van der Waals surface area contributed by atoms with Gasteiger partial charge in [-0.2, -0.15) is 0 Å². The van der Waals surface area contributed by atoms with E-state index in [1.54, 1.807) is 12.4 Å². The highest BCUT2D eigenvalue weighted by molar-refractivity contribution is 5.87. The van der Waals surface area contributed by atoms with Crippen LogP contribution in [0.2, 0.25) is 0 Å². The van der Waals surface area contributed by atoms with Crippen molar-refractivity contribution < 1.29 is 4.74 Å². The highest BCUT2D eigenvalue weighted by Crippen LogP contribution is 2.29. The average molecular weight is 337 g/mol. The van der Waals surface area contributed by atoms with Crippen molar-refractivity contribution in [2.45, 2.75) is 19.9 Å². The second-order valence-electron chi connectivity index (χ2n) is 5.76. The Labute approximate surface area is 144 Å². The van der Waals surface area contributed by atoms with E-state index in [0.717, 1.165) is 41.8 Å². The van der Waals surface area contributed by atoms with Crippen LogP contribution >= 0.6 is 0 Å². The fourth-order valence-corrected chi connectivity index (χ4v) is 2.87. The highest BCUT2D eigenvalue weighted by atomic mass is 16.5. The van der Waals surface area contributed by atoms with Crippen LogP contribution in [0.5, 0.6) is 5.88 Å². The third kappa shape index (κ3) is 3.03. The van der Waals surface area contributed by atoms with Gasteiger partial charge in [0, 0.05) is 37.3 Å². The van der Waals surface area contributed by atoms with Crippen molar-refractivity contribution in [3.8, 4) is 5.88 Å². The maximum Gasteiger partial charge on any atom is 0.238 e. The van der Waals surface area contributed by atoms with E-state index in [-0.39, 0.29) is 0 Å². The number of fused-ring (bicyclic) bond motifs is 2. The molecular weight excluding hydrogens is 318 g/mol. The maximum atomic E-state index is 5.91. The molecule has 3 aromatic heterocycles. The standard InChI is InChI=1S/C17H19N7O/c1-2-25-16-13(7-11-8-19-5-4-12(11)22-16)23-17-21-9-10-3-6-20-15(18)14(10)24-17/h3,6-7,9,19H,2,4-5,8H2,1H3,(H2,18,20)(H,21,23,24). The third-order valence-electron chi connectivity index (χ3n) is 4.07. The Hall–Kier alpha value is -3.00. The lowest BCUT2D eigenvalue weighted by Crippen LogP contribution is -2.25. The number of hydrogen-bond donors (Lipinski definition) is 3. The van der Waals surface area contributed by atoms with Crippen molar-refractivity contribution in [3.63, 3.8) is 0 Å². The first-order valence-corrected chi connectivity index (χ1v) is 8.25. The van der Waals surface area contributed by atoms with E-state index < -0.39 is 0 Å². The van der Waals surface area contributed by atoms with Gasteiger partial charge in [0.25, 0.3) is 0 Å². The van der Waals surface area contributed by atoms with Gasteiger partial charge in [0.05, 0.1) is 12.3 Å². The molecule has 0 aliphatic carbocycles. The van der Waals surface area contributed by atoms with Gasteiger partial charge in [-0.1, -0.05) is 0 Å². The molecule has 0 atom stereocenters. The highest BCUT2D eigenvalue weighted by Gasteiger charge is 2.16. The minimum atomic E-state index is 0.376. The second kappa shape index (κ2) is 6.48. The molecule has 0 saturated heterocycles. The molecule has 4 rings (SSSR count). The van der Waals surface area contributed by atoms with Crippen molar-refractivity contribution in [1.82, 2.24) is 25.3 Å². The summed E-state index contributed by atoms with van der Waals surface area (Å²) in [5.74, 6) is 1.37. The van der Waals surface area contributed by atoms with Crippen LogP contribution in [0, 0.1) is 0 Å². The number of rotatable bonds is 4. The van der Waals surface area contributed by atoms with Crippen molar-refractivity contribution in [3.05, 3.63) is 35.8 Å². The van der Waals surface area contributed by atoms with Crippen LogP contribution in [0.3, 0.4) is 0 Å². The lowest BCUT2D eigenvalue weighted by Gasteiger charge is -2.19. The minimum Gasteiger partial charge on any atom is -0.476 e. The monoisotopic (exact) mass is 337 g/mol. The van der Waals surface area contributed by atoms with Crippen LogP contribution in [0.1, 0.15) is 18.2 Å². The third-order valence-corrected chi connectivity index (χ3v) is 4.07. The van der Waals surface area contributed by atoms with Gasteiger partial charge in [-0.3, -0.25) is 0 Å². The van der Waals surface area contributed by atoms with Crippen molar-refractivity contribution >= 4 is 28.4 Å². The van der Waals surface area contributed by atoms with Crippen LogP contribution in [0.15, 0.2) is 24.5 Å². The van der Waals surface area contributed by atoms with Crippen LogP contribution in [-0.2, 0) is 13.0 Å². The van der Waals surface area contributed by atoms with Gasteiger partial charge in [-0.15, -0.1) is 0 Å². The molecule has 4 heterocycles. The fraction of sp³-hybridized carbons (Fsp3) is 0.294. The second-order valence-corrected chi connectivity index (χ2v) is 5.76. The minimum absolute atomic E-state index is 0.376. The lowest BCUT2D eigenvalue weighted by atomic mass is 10.1. The number of nitrogens with zero attached hydrogens (tertiary/aromatic N) is 4. The summed E-state index contributed by atoms with van der Waals surface area (Å²) >= 11 is 0. The molecule has 0 aromatic carbocycles. The zero-order chi connectivity index (χ0) is 17.2. The Kier molecular flexibility index (Phi) is 4.02. The van der Waals surface area contributed by atoms with Crippen molar-refractivity contribution in [2.24, 2.45) is 0 Å².